The third-order valence-electron chi connectivity index (χ3n) is 9.54. The van der Waals surface area contributed by atoms with Crippen LogP contribution >= 0.6 is 0 Å². The molecule has 1 amide bonds. The summed E-state index contributed by atoms with van der Waals surface area (Å²) in [5.74, 6) is 0.415. The zero-order chi connectivity index (χ0) is 32.7. The van der Waals surface area contributed by atoms with Gasteiger partial charge in [-0.1, -0.05) is 13.8 Å². The SMILES string of the molecule is CC(C)c1cc(-c2n[nH]c(=O)n2-c2ccc3c(ccn3CCC3CCN(S(=O)(=O)C4CCN(C(=O)O)CC4)CC3)c2)c(O)cc1O. The van der Waals surface area contributed by atoms with Crippen LogP contribution in [-0.4, -0.2) is 89.8 Å². The molecule has 0 spiro atoms. The quantitative estimate of drug-likeness (QED) is 0.218. The Bertz CT molecular complexity index is 1910. The zero-order valence-electron chi connectivity index (χ0n) is 26.0. The molecule has 2 aromatic heterocycles. The van der Waals surface area contributed by atoms with Crippen LogP contribution < -0.4 is 5.69 Å². The van der Waals surface area contributed by atoms with Gasteiger partial charge in [-0.15, -0.1) is 0 Å². The van der Waals surface area contributed by atoms with Crippen LogP contribution in [0.1, 0.15) is 57.4 Å². The average Bonchev–Trinajstić information content (AvgIpc) is 3.62. The maximum absolute atomic E-state index is 13.2. The smallest absolute Gasteiger partial charge is 0.407 e. The molecule has 0 unspecified atom stereocenters. The number of nitrogens with one attached hydrogen (secondary N) is 1. The number of carbonyl (C=O) groups is 1. The van der Waals surface area contributed by atoms with Gasteiger partial charge in [0.2, 0.25) is 10.0 Å². The number of aromatic nitrogens is 4. The number of nitrogens with zero attached hydrogens (tertiary/aromatic N) is 5. The molecule has 2 fully saturated rings. The summed E-state index contributed by atoms with van der Waals surface area (Å²) >= 11 is 0. The van der Waals surface area contributed by atoms with Gasteiger partial charge in [-0.3, -0.25) is 0 Å². The van der Waals surface area contributed by atoms with Crippen molar-refractivity contribution in [1.82, 2.24) is 28.5 Å². The number of aromatic hydroxyl groups is 2. The first-order chi connectivity index (χ1) is 21.9. The van der Waals surface area contributed by atoms with Crippen LogP contribution in [0.25, 0.3) is 28.0 Å². The molecule has 2 aliphatic rings. The van der Waals surface area contributed by atoms with Crippen LogP contribution in [0.15, 0.2) is 47.4 Å². The molecule has 13 nitrogen and oxygen atoms in total. The van der Waals surface area contributed by atoms with Crippen LogP contribution in [0.2, 0.25) is 0 Å². The number of benzene rings is 2. The minimum Gasteiger partial charge on any atom is -0.508 e. The highest BCUT2D eigenvalue weighted by atomic mass is 32.2. The lowest BCUT2D eigenvalue weighted by Crippen LogP contribution is -2.48. The fraction of sp³-hybridized carbons (Fsp3) is 0.469. The molecule has 4 N–H and O–H groups in total. The van der Waals surface area contributed by atoms with Crippen molar-refractivity contribution in [2.45, 2.75) is 63.7 Å². The monoisotopic (exact) mass is 652 g/mol. The van der Waals surface area contributed by atoms with Crippen molar-refractivity contribution >= 4 is 27.0 Å². The highest BCUT2D eigenvalue weighted by molar-refractivity contribution is 7.89. The topological polar surface area (TPSA) is 174 Å². The van der Waals surface area contributed by atoms with Gasteiger partial charge >= 0.3 is 11.8 Å². The summed E-state index contributed by atoms with van der Waals surface area (Å²) in [4.78, 5) is 25.4. The predicted molar refractivity (Wildman–Crippen MR) is 173 cm³/mol. The number of phenolic OH excluding ortho intramolecular Hbond substituents is 2. The second kappa shape index (κ2) is 12.5. The Morgan fingerprint density at radius 2 is 1.72 bits per heavy atom. The van der Waals surface area contributed by atoms with Gasteiger partial charge in [0.05, 0.1) is 16.5 Å². The van der Waals surface area contributed by atoms with E-state index in [-0.39, 0.29) is 36.3 Å². The Labute approximate surface area is 266 Å². The number of likely N-dealkylation sites (tertiary alicyclic amines) is 1. The normalized spacial score (nSPS) is 17.3. The second-order valence-electron chi connectivity index (χ2n) is 12.7. The van der Waals surface area contributed by atoms with Crippen molar-refractivity contribution in [1.29, 1.82) is 0 Å². The summed E-state index contributed by atoms with van der Waals surface area (Å²) in [6.07, 6.45) is 4.16. The van der Waals surface area contributed by atoms with Gasteiger partial charge in [-0.25, -0.2) is 32.0 Å². The third kappa shape index (κ3) is 5.98. The Morgan fingerprint density at radius 3 is 2.39 bits per heavy atom. The van der Waals surface area contributed by atoms with Gasteiger partial charge in [0.1, 0.15) is 11.5 Å². The highest BCUT2D eigenvalue weighted by Crippen LogP contribution is 2.37. The minimum absolute atomic E-state index is 0.00876. The molecule has 4 aromatic rings. The lowest BCUT2D eigenvalue weighted by molar-refractivity contribution is 0.135. The summed E-state index contributed by atoms with van der Waals surface area (Å²) in [6, 6.07) is 10.6. The van der Waals surface area contributed by atoms with Gasteiger partial charge in [-0.05, 0) is 79.8 Å². The van der Waals surface area contributed by atoms with Crippen LogP contribution in [-0.2, 0) is 16.6 Å². The number of H-pyrrole nitrogens is 1. The molecule has 6 rings (SSSR count). The molecule has 2 aliphatic heterocycles. The molecular weight excluding hydrogens is 612 g/mol. The van der Waals surface area contributed by atoms with Gasteiger partial charge in [0.25, 0.3) is 0 Å². The van der Waals surface area contributed by atoms with E-state index >= 15 is 0 Å². The van der Waals surface area contributed by atoms with Gasteiger partial charge in [-0.2, -0.15) is 5.10 Å². The predicted octanol–water partition coefficient (Wildman–Crippen LogP) is 4.29. The fourth-order valence-corrected chi connectivity index (χ4v) is 8.75. The number of fused-ring (bicyclic) bond motifs is 1. The van der Waals surface area contributed by atoms with Gasteiger partial charge in [0.15, 0.2) is 5.82 Å². The van der Waals surface area contributed by atoms with E-state index in [1.54, 1.807) is 10.4 Å². The maximum atomic E-state index is 13.2. The van der Waals surface area contributed by atoms with Crippen LogP contribution in [0.3, 0.4) is 0 Å². The van der Waals surface area contributed by atoms with Crippen molar-refractivity contribution in [3.63, 3.8) is 0 Å². The molecule has 246 valence electrons. The van der Waals surface area contributed by atoms with E-state index in [1.165, 1.54) is 15.5 Å². The number of hydrogen-bond donors (Lipinski definition) is 4. The maximum Gasteiger partial charge on any atom is 0.407 e. The number of aromatic amines is 1. The number of hydrogen-bond acceptors (Lipinski definition) is 7. The van der Waals surface area contributed by atoms with E-state index in [0.29, 0.717) is 48.7 Å². The number of rotatable bonds is 8. The van der Waals surface area contributed by atoms with Crippen LogP contribution in [0.5, 0.6) is 11.5 Å². The minimum atomic E-state index is -3.45. The summed E-state index contributed by atoms with van der Waals surface area (Å²) in [5.41, 5.74) is 2.10. The number of amides is 1. The van der Waals surface area contributed by atoms with E-state index in [2.05, 4.69) is 14.8 Å². The Balaban J connectivity index is 1.12. The molecule has 0 saturated carbocycles. The molecule has 2 aromatic carbocycles. The number of carboxylic acid groups (broad SMARTS) is 1. The zero-order valence-corrected chi connectivity index (χ0v) is 26.8. The molecule has 0 radical (unpaired) electrons. The Morgan fingerprint density at radius 1 is 1.00 bits per heavy atom. The second-order valence-corrected chi connectivity index (χ2v) is 14.9. The average molecular weight is 653 g/mol. The Hall–Kier alpha value is -4.30. The summed E-state index contributed by atoms with van der Waals surface area (Å²) in [6.45, 7) is 6.10. The number of phenols is 2. The Kier molecular flexibility index (Phi) is 8.59. The molecule has 2 saturated heterocycles. The third-order valence-corrected chi connectivity index (χ3v) is 11.9. The summed E-state index contributed by atoms with van der Waals surface area (Å²) < 4.78 is 31.6. The van der Waals surface area contributed by atoms with Crippen LogP contribution in [0, 0.1) is 5.92 Å². The molecule has 0 atom stereocenters. The lowest BCUT2D eigenvalue weighted by Gasteiger charge is -2.36. The first kappa shape index (κ1) is 31.7. The molecule has 0 bridgehead atoms. The number of aryl methyl sites for hydroxylation is 1. The van der Waals surface area contributed by atoms with Crippen molar-refractivity contribution in [2.75, 3.05) is 26.2 Å². The van der Waals surface area contributed by atoms with E-state index in [4.69, 9.17) is 5.11 Å². The fourth-order valence-electron chi connectivity index (χ4n) is 6.80. The number of piperidine rings is 2. The standard InChI is InChI=1S/C32H40N6O7S/c1-20(2)25-18-26(29(40)19-28(25)39)30-33-34-31(41)38(30)23-3-4-27-22(17-23)8-12-35(27)11-5-21-6-15-37(16-7-21)46(44,45)24-9-13-36(14-10-24)32(42)43/h3-4,8,12,17-21,24,39-40H,5-7,9-11,13-16H2,1-2H3,(H,34,41)(H,42,43). The largest absolute Gasteiger partial charge is 0.508 e. The molecule has 4 heterocycles. The molecule has 14 heteroatoms. The van der Waals surface area contributed by atoms with Crippen LogP contribution in [0.4, 0.5) is 4.79 Å². The van der Waals surface area contributed by atoms with Crippen molar-refractivity contribution in [3.8, 4) is 28.6 Å². The van der Waals surface area contributed by atoms with Crippen molar-refractivity contribution < 1.29 is 28.5 Å². The summed E-state index contributed by atoms with van der Waals surface area (Å²) in [5, 5.41) is 37.2. The first-order valence-electron chi connectivity index (χ1n) is 15.7. The van der Waals surface area contributed by atoms with E-state index in [1.807, 2.05) is 44.3 Å². The molecular formula is C32H40N6O7S. The van der Waals surface area contributed by atoms with E-state index in [9.17, 15) is 28.2 Å². The summed E-state index contributed by atoms with van der Waals surface area (Å²) in [7, 11) is -3.45. The highest BCUT2D eigenvalue weighted by Gasteiger charge is 2.37. The molecule has 0 aliphatic carbocycles. The van der Waals surface area contributed by atoms with Crippen molar-refractivity contribution in [2.24, 2.45) is 5.92 Å². The van der Waals surface area contributed by atoms with Gasteiger partial charge < -0.3 is 24.8 Å². The van der Waals surface area contributed by atoms with E-state index < -0.39 is 27.1 Å². The lowest BCUT2D eigenvalue weighted by atomic mass is 9.95. The van der Waals surface area contributed by atoms with Crippen molar-refractivity contribution in [3.05, 3.63) is 58.6 Å². The van der Waals surface area contributed by atoms with E-state index in [0.717, 1.165) is 36.7 Å². The van der Waals surface area contributed by atoms with Gasteiger partial charge in [0, 0.05) is 55.9 Å². The molecule has 46 heavy (non-hydrogen) atoms. The number of sulfonamides is 1. The first-order valence-corrected chi connectivity index (χ1v) is 17.2.